The van der Waals surface area contributed by atoms with Crippen molar-refractivity contribution in [2.24, 2.45) is 0 Å². The third-order valence-electron chi connectivity index (χ3n) is 6.68. The highest BCUT2D eigenvalue weighted by Crippen LogP contribution is 2.44. The summed E-state index contributed by atoms with van der Waals surface area (Å²) in [5, 5.41) is 0. The van der Waals surface area contributed by atoms with Crippen molar-refractivity contribution < 1.29 is 0 Å². The number of hydrogen-bond acceptors (Lipinski definition) is 0. The molecule has 30 heavy (non-hydrogen) atoms. The van der Waals surface area contributed by atoms with E-state index < -0.39 is 0 Å². The fourth-order valence-corrected chi connectivity index (χ4v) is 4.55. The van der Waals surface area contributed by atoms with Gasteiger partial charge in [-0.1, -0.05) is 102 Å². The van der Waals surface area contributed by atoms with Crippen molar-refractivity contribution in [2.45, 2.75) is 78.6 Å². The molecular formula is C30H38. The van der Waals surface area contributed by atoms with Gasteiger partial charge < -0.3 is 0 Å². The average Bonchev–Trinajstić information content (AvgIpc) is 2.81. The summed E-state index contributed by atoms with van der Waals surface area (Å²) in [6, 6.07) is 24.7. The average molecular weight is 399 g/mol. The van der Waals surface area contributed by atoms with Crippen molar-refractivity contribution in [3.63, 3.8) is 0 Å². The zero-order valence-electron chi connectivity index (χ0n) is 19.5. The first-order chi connectivity index (χ1) is 14.6. The monoisotopic (exact) mass is 398 g/mol. The predicted molar refractivity (Wildman–Crippen MR) is 133 cm³/mol. The molecule has 3 rings (SSSR count). The Morgan fingerprint density at radius 2 is 1.27 bits per heavy atom. The highest BCUT2D eigenvalue weighted by molar-refractivity contribution is 5.81. The highest BCUT2D eigenvalue weighted by atomic mass is 14.3. The van der Waals surface area contributed by atoms with E-state index in [-0.39, 0.29) is 0 Å². The molecule has 0 nitrogen and oxygen atoms in total. The van der Waals surface area contributed by atoms with Crippen LogP contribution >= 0.6 is 0 Å². The van der Waals surface area contributed by atoms with Crippen LogP contribution in [-0.2, 0) is 6.42 Å². The van der Waals surface area contributed by atoms with E-state index in [2.05, 4.69) is 101 Å². The Morgan fingerprint density at radius 1 is 0.700 bits per heavy atom. The van der Waals surface area contributed by atoms with E-state index in [0.717, 1.165) is 19.3 Å². The van der Waals surface area contributed by atoms with Crippen molar-refractivity contribution in [3.8, 4) is 22.3 Å². The molecule has 0 saturated heterocycles. The number of benzene rings is 3. The molecule has 0 aliphatic heterocycles. The Balaban J connectivity index is 2.42. The smallest absolute Gasteiger partial charge is 0.0111 e. The lowest BCUT2D eigenvalue weighted by Crippen LogP contribution is -2.09. The van der Waals surface area contributed by atoms with Gasteiger partial charge >= 0.3 is 0 Å². The summed E-state index contributed by atoms with van der Waals surface area (Å²) in [4.78, 5) is 0. The lowest BCUT2D eigenvalue weighted by molar-refractivity contribution is 0.698. The van der Waals surface area contributed by atoms with Crippen molar-refractivity contribution in [2.75, 3.05) is 0 Å². The quantitative estimate of drug-likeness (QED) is 0.337. The van der Waals surface area contributed by atoms with Crippen molar-refractivity contribution in [1.82, 2.24) is 0 Å². The second-order valence-electron chi connectivity index (χ2n) is 8.73. The first-order valence-electron chi connectivity index (χ1n) is 11.9. The molecule has 2 atom stereocenters. The third-order valence-corrected chi connectivity index (χ3v) is 6.68. The molecule has 0 heterocycles. The zero-order valence-corrected chi connectivity index (χ0v) is 19.5. The van der Waals surface area contributed by atoms with Gasteiger partial charge in [0.25, 0.3) is 0 Å². The summed E-state index contributed by atoms with van der Waals surface area (Å²) in [6.45, 7) is 11.8. The first-order valence-corrected chi connectivity index (χ1v) is 11.9. The van der Waals surface area contributed by atoms with Crippen LogP contribution in [0.4, 0.5) is 0 Å². The summed E-state index contributed by atoms with van der Waals surface area (Å²) in [5.74, 6) is 1.07. The third kappa shape index (κ3) is 4.69. The maximum Gasteiger partial charge on any atom is -0.0111 e. The molecule has 0 fully saturated rings. The first kappa shape index (κ1) is 22.3. The van der Waals surface area contributed by atoms with Gasteiger partial charge in [0.2, 0.25) is 0 Å². The Labute approximate surface area is 184 Å². The lowest BCUT2D eigenvalue weighted by Gasteiger charge is -2.28. The van der Waals surface area contributed by atoms with Crippen LogP contribution in [0.25, 0.3) is 22.3 Å². The summed E-state index contributed by atoms with van der Waals surface area (Å²) >= 11 is 0. The molecule has 158 valence electrons. The van der Waals surface area contributed by atoms with Gasteiger partial charge in [0.1, 0.15) is 0 Å². The van der Waals surface area contributed by atoms with E-state index in [1.54, 1.807) is 11.1 Å². The van der Waals surface area contributed by atoms with Gasteiger partial charge in [0.05, 0.1) is 0 Å². The van der Waals surface area contributed by atoms with E-state index >= 15 is 0 Å². The fraction of sp³-hybridized carbons (Fsp3) is 0.400. The normalized spacial score (nSPS) is 13.2. The molecule has 3 aromatic carbocycles. The lowest BCUT2D eigenvalue weighted by atomic mass is 9.76. The number of rotatable bonds is 9. The Bertz CT molecular complexity index is 921. The summed E-state index contributed by atoms with van der Waals surface area (Å²) in [5.41, 5.74) is 10.4. The van der Waals surface area contributed by atoms with Crippen LogP contribution in [0.2, 0.25) is 0 Å². The minimum Gasteiger partial charge on any atom is -0.0654 e. The highest BCUT2D eigenvalue weighted by Gasteiger charge is 2.24. The molecule has 3 aromatic rings. The van der Waals surface area contributed by atoms with Gasteiger partial charge in [-0.2, -0.15) is 0 Å². The zero-order chi connectivity index (χ0) is 21.5. The minimum atomic E-state index is 0.533. The van der Waals surface area contributed by atoms with Gasteiger partial charge in [-0.05, 0) is 82.5 Å². The molecular weight excluding hydrogens is 360 g/mol. The Hall–Kier alpha value is -2.34. The maximum atomic E-state index is 2.53. The van der Waals surface area contributed by atoms with Crippen molar-refractivity contribution in [1.29, 1.82) is 0 Å². The Morgan fingerprint density at radius 3 is 1.80 bits per heavy atom. The van der Waals surface area contributed by atoms with E-state index in [0.29, 0.717) is 11.8 Å². The van der Waals surface area contributed by atoms with Gasteiger partial charge in [-0.3, -0.25) is 0 Å². The van der Waals surface area contributed by atoms with Gasteiger partial charge in [0, 0.05) is 0 Å². The van der Waals surface area contributed by atoms with E-state index in [9.17, 15) is 0 Å². The van der Waals surface area contributed by atoms with Crippen LogP contribution in [0.5, 0.6) is 0 Å². The van der Waals surface area contributed by atoms with Crippen LogP contribution in [-0.4, -0.2) is 0 Å². The SMILES string of the molecule is CCCCc1c(-c2ccccc2)cc(C(C)CC)c(-c2ccccc2)c1C(C)CC. The molecule has 0 amide bonds. The summed E-state index contributed by atoms with van der Waals surface area (Å²) < 4.78 is 0. The second kappa shape index (κ2) is 10.6. The van der Waals surface area contributed by atoms with Crippen molar-refractivity contribution >= 4 is 0 Å². The Kier molecular flexibility index (Phi) is 7.91. The van der Waals surface area contributed by atoms with Crippen molar-refractivity contribution in [3.05, 3.63) is 83.4 Å². The van der Waals surface area contributed by atoms with E-state index in [4.69, 9.17) is 0 Å². The second-order valence-corrected chi connectivity index (χ2v) is 8.73. The number of hydrogen-bond donors (Lipinski definition) is 0. The molecule has 2 unspecified atom stereocenters. The molecule has 0 radical (unpaired) electrons. The van der Waals surface area contributed by atoms with Crippen LogP contribution < -0.4 is 0 Å². The van der Waals surface area contributed by atoms with Gasteiger partial charge in [-0.25, -0.2) is 0 Å². The van der Waals surface area contributed by atoms with Crippen LogP contribution in [0, 0.1) is 0 Å². The molecule has 0 aliphatic rings. The van der Waals surface area contributed by atoms with Crippen LogP contribution in [0.3, 0.4) is 0 Å². The van der Waals surface area contributed by atoms with Crippen LogP contribution in [0.15, 0.2) is 66.7 Å². The van der Waals surface area contributed by atoms with Gasteiger partial charge in [-0.15, -0.1) is 0 Å². The number of unbranched alkanes of at least 4 members (excludes halogenated alkanes) is 1. The van der Waals surface area contributed by atoms with E-state index in [1.165, 1.54) is 40.7 Å². The van der Waals surface area contributed by atoms with Crippen LogP contribution in [0.1, 0.15) is 88.8 Å². The summed E-state index contributed by atoms with van der Waals surface area (Å²) in [6.07, 6.45) is 5.93. The fourth-order valence-electron chi connectivity index (χ4n) is 4.55. The minimum absolute atomic E-state index is 0.533. The molecule has 0 heteroatoms. The molecule has 0 N–H and O–H groups in total. The van der Waals surface area contributed by atoms with Gasteiger partial charge in [0.15, 0.2) is 0 Å². The molecule has 0 spiro atoms. The predicted octanol–water partition coefficient (Wildman–Crippen LogP) is 9.39. The molecule has 0 saturated carbocycles. The molecule has 0 aromatic heterocycles. The molecule has 0 bridgehead atoms. The maximum absolute atomic E-state index is 2.53. The topological polar surface area (TPSA) is 0 Å². The standard InChI is InChI=1S/C30H38/c1-6-9-20-26-28(24-16-12-10-13-17-24)21-27(22(4)7-2)30(29(26)23(5)8-3)25-18-14-11-15-19-25/h10-19,21-23H,6-9,20H2,1-5H3. The van der Waals surface area contributed by atoms with E-state index in [1.807, 2.05) is 0 Å². The molecule has 0 aliphatic carbocycles. The largest absolute Gasteiger partial charge is 0.0654 e. The summed E-state index contributed by atoms with van der Waals surface area (Å²) in [7, 11) is 0.